The number of hydrogen-bond donors (Lipinski definition) is 1. The van der Waals surface area contributed by atoms with Gasteiger partial charge in [0.25, 0.3) is 0 Å². The smallest absolute Gasteiger partial charge is 0.115 e. The summed E-state index contributed by atoms with van der Waals surface area (Å²) in [6.07, 6.45) is 1.87. The summed E-state index contributed by atoms with van der Waals surface area (Å²) in [7, 11) is 0. The van der Waals surface area contributed by atoms with Crippen LogP contribution in [-0.4, -0.2) is 9.78 Å². The van der Waals surface area contributed by atoms with Gasteiger partial charge in [-0.15, -0.1) is 0 Å². The zero-order valence-electron chi connectivity index (χ0n) is 11.1. The van der Waals surface area contributed by atoms with Gasteiger partial charge in [0.2, 0.25) is 0 Å². The number of nitrogen functional groups attached to an aromatic ring is 1. The van der Waals surface area contributed by atoms with E-state index in [-0.39, 0.29) is 0 Å². The molecule has 2 N–H and O–H groups in total. The van der Waals surface area contributed by atoms with E-state index >= 15 is 0 Å². The van der Waals surface area contributed by atoms with E-state index < -0.39 is 0 Å². The van der Waals surface area contributed by atoms with Crippen molar-refractivity contribution in [3.05, 3.63) is 69.2 Å². The van der Waals surface area contributed by atoms with E-state index in [0.717, 1.165) is 20.2 Å². The van der Waals surface area contributed by atoms with Crippen molar-refractivity contribution in [2.24, 2.45) is 0 Å². The molecule has 1 aromatic heterocycles. The lowest BCUT2D eigenvalue weighted by Crippen LogP contribution is -2.01. The SMILES string of the molecule is Nc1cn(Cc2ccccc2Br)nc1-c1ccc(Br)cc1. The highest BCUT2D eigenvalue weighted by Crippen LogP contribution is 2.26. The molecule has 0 aliphatic heterocycles. The molecule has 0 bridgehead atoms. The van der Waals surface area contributed by atoms with Gasteiger partial charge in [-0.05, 0) is 23.8 Å². The summed E-state index contributed by atoms with van der Waals surface area (Å²) in [4.78, 5) is 0. The van der Waals surface area contributed by atoms with Crippen molar-refractivity contribution >= 4 is 37.5 Å². The number of rotatable bonds is 3. The molecule has 0 radical (unpaired) electrons. The van der Waals surface area contributed by atoms with Crippen LogP contribution in [0.5, 0.6) is 0 Å². The van der Waals surface area contributed by atoms with Crippen molar-refractivity contribution in [1.29, 1.82) is 0 Å². The normalized spacial score (nSPS) is 10.8. The van der Waals surface area contributed by atoms with Crippen molar-refractivity contribution in [3.63, 3.8) is 0 Å². The molecule has 3 aromatic rings. The van der Waals surface area contributed by atoms with Gasteiger partial charge in [-0.25, -0.2) is 0 Å². The average molecular weight is 407 g/mol. The number of hydrogen-bond acceptors (Lipinski definition) is 2. The Morgan fingerprint density at radius 3 is 2.43 bits per heavy atom. The van der Waals surface area contributed by atoms with E-state index in [1.165, 1.54) is 5.56 Å². The van der Waals surface area contributed by atoms with Gasteiger partial charge in [0, 0.05) is 20.7 Å². The monoisotopic (exact) mass is 405 g/mol. The summed E-state index contributed by atoms with van der Waals surface area (Å²) in [5.41, 5.74) is 9.78. The van der Waals surface area contributed by atoms with E-state index in [0.29, 0.717) is 12.2 Å². The molecule has 0 aliphatic carbocycles. The first kappa shape index (κ1) is 14.4. The van der Waals surface area contributed by atoms with Crippen LogP contribution in [0.3, 0.4) is 0 Å². The van der Waals surface area contributed by atoms with E-state index in [4.69, 9.17) is 5.73 Å². The molecule has 3 nitrogen and oxygen atoms in total. The highest BCUT2D eigenvalue weighted by Gasteiger charge is 2.09. The zero-order valence-corrected chi connectivity index (χ0v) is 14.3. The van der Waals surface area contributed by atoms with Crippen LogP contribution in [0.4, 0.5) is 5.69 Å². The first-order valence-corrected chi connectivity index (χ1v) is 8.04. The van der Waals surface area contributed by atoms with Crippen LogP contribution >= 0.6 is 31.9 Å². The van der Waals surface area contributed by atoms with E-state index in [2.05, 4.69) is 43.0 Å². The predicted octanol–water partition coefficient (Wildman–Crippen LogP) is 4.71. The molecule has 0 saturated carbocycles. The molecule has 106 valence electrons. The number of aromatic nitrogens is 2. The fraction of sp³-hybridized carbons (Fsp3) is 0.0625. The van der Waals surface area contributed by atoms with E-state index in [1.54, 1.807) is 0 Å². The molecular formula is C16H13Br2N3. The number of benzene rings is 2. The summed E-state index contributed by atoms with van der Waals surface area (Å²) < 4.78 is 3.98. The maximum absolute atomic E-state index is 6.10. The molecule has 0 amide bonds. The average Bonchev–Trinajstić information content (AvgIpc) is 2.83. The summed E-state index contributed by atoms with van der Waals surface area (Å²) in [6.45, 7) is 0.683. The van der Waals surface area contributed by atoms with Crippen molar-refractivity contribution in [1.82, 2.24) is 9.78 Å². The van der Waals surface area contributed by atoms with Crippen LogP contribution in [0.1, 0.15) is 5.56 Å². The van der Waals surface area contributed by atoms with Gasteiger partial charge in [-0.3, -0.25) is 4.68 Å². The standard InChI is InChI=1S/C16H13Br2N3/c17-13-7-5-11(6-8-13)16-15(19)10-21(20-16)9-12-3-1-2-4-14(12)18/h1-8,10H,9,19H2. The highest BCUT2D eigenvalue weighted by atomic mass is 79.9. The van der Waals surface area contributed by atoms with Crippen molar-refractivity contribution in [2.75, 3.05) is 5.73 Å². The van der Waals surface area contributed by atoms with Gasteiger partial charge >= 0.3 is 0 Å². The van der Waals surface area contributed by atoms with Crippen molar-refractivity contribution < 1.29 is 0 Å². The molecule has 21 heavy (non-hydrogen) atoms. The number of nitrogens with zero attached hydrogens (tertiary/aromatic N) is 2. The van der Waals surface area contributed by atoms with Gasteiger partial charge in [-0.1, -0.05) is 62.2 Å². The Balaban J connectivity index is 1.91. The van der Waals surface area contributed by atoms with Gasteiger partial charge in [0.1, 0.15) is 5.69 Å². The lowest BCUT2D eigenvalue weighted by molar-refractivity contribution is 0.687. The molecule has 0 aliphatic rings. The minimum absolute atomic E-state index is 0.683. The van der Waals surface area contributed by atoms with Crippen LogP contribution in [0, 0.1) is 0 Å². The Morgan fingerprint density at radius 2 is 1.71 bits per heavy atom. The van der Waals surface area contributed by atoms with Crippen LogP contribution in [-0.2, 0) is 6.54 Å². The maximum Gasteiger partial charge on any atom is 0.115 e. The molecule has 0 fully saturated rings. The molecular weight excluding hydrogens is 394 g/mol. The molecule has 2 aromatic carbocycles. The molecule has 0 saturated heterocycles. The second kappa shape index (κ2) is 6.03. The van der Waals surface area contributed by atoms with Crippen LogP contribution in [0.15, 0.2) is 63.7 Å². The van der Waals surface area contributed by atoms with Crippen LogP contribution < -0.4 is 5.73 Å². The Kier molecular flexibility index (Phi) is 4.12. The molecule has 0 spiro atoms. The molecule has 5 heteroatoms. The fourth-order valence-corrected chi connectivity index (χ4v) is 2.83. The number of nitrogens with two attached hydrogens (primary N) is 1. The van der Waals surface area contributed by atoms with E-state index in [1.807, 2.05) is 53.3 Å². The third kappa shape index (κ3) is 3.19. The second-order valence-electron chi connectivity index (χ2n) is 4.73. The van der Waals surface area contributed by atoms with Crippen molar-refractivity contribution in [2.45, 2.75) is 6.54 Å². The summed E-state index contributed by atoms with van der Waals surface area (Å²) in [5, 5.41) is 4.60. The quantitative estimate of drug-likeness (QED) is 0.684. The minimum Gasteiger partial charge on any atom is -0.396 e. The molecule has 1 heterocycles. The number of anilines is 1. The third-order valence-corrected chi connectivity index (χ3v) is 4.50. The zero-order chi connectivity index (χ0) is 14.8. The maximum atomic E-state index is 6.10. The summed E-state index contributed by atoms with van der Waals surface area (Å²) in [6, 6.07) is 16.1. The first-order chi connectivity index (χ1) is 10.1. The van der Waals surface area contributed by atoms with Crippen LogP contribution in [0.2, 0.25) is 0 Å². The lowest BCUT2D eigenvalue weighted by atomic mass is 10.1. The van der Waals surface area contributed by atoms with Crippen molar-refractivity contribution in [3.8, 4) is 11.3 Å². The highest BCUT2D eigenvalue weighted by molar-refractivity contribution is 9.10. The third-order valence-electron chi connectivity index (χ3n) is 3.20. The van der Waals surface area contributed by atoms with E-state index in [9.17, 15) is 0 Å². The Morgan fingerprint density at radius 1 is 1.00 bits per heavy atom. The van der Waals surface area contributed by atoms with Gasteiger partial charge in [0.15, 0.2) is 0 Å². The Labute approximate surface area is 140 Å². The molecule has 0 atom stereocenters. The van der Waals surface area contributed by atoms with Gasteiger partial charge in [0.05, 0.1) is 12.2 Å². The summed E-state index contributed by atoms with van der Waals surface area (Å²) >= 11 is 6.99. The Hall–Kier alpha value is -1.59. The van der Waals surface area contributed by atoms with Gasteiger partial charge < -0.3 is 5.73 Å². The van der Waals surface area contributed by atoms with Gasteiger partial charge in [-0.2, -0.15) is 5.10 Å². The minimum atomic E-state index is 0.683. The molecule has 3 rings (SSSR count). The Bertz CT molecular complexity index is 763. The number of halogens is 2. The topological polar surface area (TPSA) is 43.8 Å². The fourth-order valence-electron chi connectivity index (χ4n) is 2.15. The van der Waals surface area contributed by atoms with Crippen LogP contribution in [0.25, 0.3) is 11.3 Å². The molecule has 0 unspecified atom stereocenters. The predicted molar refractivity (Wildman–Crippen MR) is 93.0 cm³/mol. The lowest BCUT2D eigenvalue weighted by Gasteiger charge is -2.04. The largest absolute Gasteiger partial charge is 0.396 e. The second-order valence-corrected chi connectivity index (χ2v) is 6.50. The summed E-state index contributed by atoms with van der Waals surface area (Å²) in [5.74, 6) is 0. The first-order valence-electron chi connectivity index (χ1n) is 6.46.